The largest absolute Gasteiger partial charge is 0.377 e. The maximum Gasteiger partial charge on any atom is 0.101 e. The average molecular weight is 334 g/mol. The molecule has 2 aliphatic rings. The first-order valence-corrected chi connectivity index (χ1v) is 8.92. The van der Waals surface area contributed by atoms with Crippen molar-refractivity contribution in [1.82, 2.24) is 4.90 Å². The van der Waals surface area contributed by atoms with E-state index >= 15 is 0 Å². The summed E-state index contributed by atoms with van der Waals surface area (Å²) in [6.07, 6.45) is 5.16. The van der Waals surface area contributed by atoms with Crippen molar-refractivity contribution < 1.29 is 4.74 Å². The SMILES string of the molecule is N#Cc1ccc(N2CCC(OCCN3CCCC3)CC2)cc1Cl. The summed E-state index contributed by atoms with van der Waals surface area (Å²) < 4.78 is 6.05. The number of nitrogens with zero attached hydrogens (tertiary/aromatic N) is 3. The molecule has 2 heterocycles. The van der Waals surface area contributed by atoms with Crippen molar-refractivity contribution in [3.8, 4) is 6.07 Å². The first-order chi connectivity index (χ1) is 11.3. The zero-order chi connectivity index (χ0) is 16.1. The van der Waals surface area contributed by atoms with Crippen molar-refractivity contribution in [2.75, 3.05) is 44.2 Å². The summed E-state index contributed by atoms with van der Waals surface area (Å²) >= 11 is 6.13. The van der Waals surface area contributed by atoms with Gasteiger partial charge in [0.15, 0.2) is 0 Å². The second-order valence-corrected chi connectivity index (χ2v) is 6.79. The molecule has 0 radical (unpaired) electrons. The number of piperidine rings is 1. The highest BCUT2D eigenvalue weighted by Gasteiger charge is 2.21. The Balaban J connectivity index is 1.43. The maximum atomic E-state index is 8.95. The predicted octanol–water partition coefficient (Wildman–Crippen LogP) is 3.29. The van der Waals surface area contributed by atoms with Gasteiger partial charge in [-0.05, 0) is 57.0 Å². The van der Waals surface area contributed by atoms with E-state index in [1.807, 2.05) is 12.1 Å². The van der Waals surface area contributed by atoms with E-state index in [4.69, 9.17) is 21.6 Å². The molecule has 0 atom stereocenters. The van der Waals surface area contributed by atoms with Crippen molar-refractivity contribution in [2.45, 2.75) is 31.8 Å². The highest BCUT2D eigenvalue weighted by Crippen LogP contribution is 2.26. The third kappa shape index (κ3) is 4.38. The number of likely N-dealkylation sites (tertiary alicyclic amines) is 1. The summed E-state index contributed by atoms with van der Waals surface area (Å²) in [6.45, 7) is 6.37. The van der Waals surface area contributed by atoms with Gasteiger partial charge in [0, 0.05) is 25.3 Å². The van der Waals surface area contributed by atoms with Crippen LogP contribution in [0.1, 0.15) is 31.2 Å². The zero-order valence-corrected chi connectivity index (χ0v) is 14.3. The Hall–Kier alpha value is -1.28. The van der Waals surface area contributed by atoms with Gasteiger partial charge in [0.2, 0.25) is 0 Å². The van der Waals surface area contributed by atoms with Gasteiger partial charge in [0.05, 0.1) is 23.3 Å². The monoisotopic (exact) mass is 333 g/mol. The molecule has 0 amide bonds. The van der Waals surface area contributed by atoms with E-state index in [2.05, 4.69) is 15.9 Å². The molecule has 23 heavy (non-hydrogen) atoms. The van der Waals surface area contributed by atoms with Gasteiger partial charge in [-0.15, -0.1) is 0 Å². The summed E-state index contributed by atoms with van der Waals surface area (Å²) in [5, 5.41) is 9.48. The molecule has 2 fully saturated rings. The number of anilines is 1. The Kier molecular flexibility index (Phi) is 5.77. The lowest BCUT2D eigenvalue weighted by molar-refractivity contribution is 0.0266. The lowest BCUT2D eigenvalue weighted by Gasteiger charge is -2.34. The van der Waals surface area contributed by atoms with Crippen LogP contribution in [0.2, 0.25) is 5.02 Å². The fraction of sp³-hybridized carbons (Fsp3) is 0.611. The van der Waals surface area contributed by atoms with Gasteiger partial charge in [-0.25, -0.2) is 0 Å². The van der Waals surface area contributed by atoms with E-state index in [1.165, 1.54) is 25.9 Å². The number of benzene rings is 1. The number of hydrogen-bond acceptors (Lipinski definition) is 4. The van der Waals surface area contributed by atoms with Crippen LogP contribution in [-0.4, -0.2) is 50.3 Å². The summed E-state index contributed by atoms with van der Waals surface area (Å²) in [4.78, 5) is 4.82. The molecular weight excluding hydrogens is 310 g/mol. The third-order valence-electron chi connectivity index (χ3n) is 4.84. The summed E-state index contributed by atoms with van der Waals surface area (Å²) in [5.74, 6) is 0. The van der Waals surface area contributed by atoms with Crippen LogP contribution in [0.3, 0.4) is 0 Å². The van der Waals surface area contributed by atoms with Gasteiger partial charge < -0.3 is 14.5 Å². The van der Waals surface area contributed by atoms with Crippen LogP contribution in [0.25, 0.3) is 0 Å². The van der Waals surface area contributed by atoms with Crippen molar-refractivity contribution in [2.24, 2.45) is 0 Å². The fourth-order valence-corrected chi connectivity index (χ4v) is 3.64. The van der Waals surface area contributed by atoms with Crippen molar-refractivity contribution in [3.63, 3.8) is 0 Å². The average Bonchev–Trinajstić information content (AvgIpc) is 3.09. The summed E-state index contributed by atoms with van der Waals surface area (Å²) in [5.41, 5.74) is 1.64. The molecule has 0 spiro atoms. The second-order valence-electron chi connectivity index (χ2n) is 6.38. The normalized spacial score (nSPS) is 19.9. The Labute approximate surface area is 143 Å². The van der Waals surface area contributed by atoms with Crippen LogP contribution in [0.5, 0.6) is 0 Å². The molecule has 2 aliphatic heterocycles. The van der Waals surface area contributed by atoms with Crippen molar-refractivity contribution in [1.29, 1.82) is 5.26 Å². The van der Waals surface area contributed by atoms with E-state index in [1.54, 1.807) is 6.07 Å². The van der Waals surface area contributed by atoms with E-state index in [-0.39, 0.29) is 0 Å². The van der Waals surface area contributed by atoms with E-state index < -0.39 is 0 Å². The second kappa shape index (κ2) is 8.01. The van der Waals surface area contributed by atoms with E-state index in [0.29, 0.717) is 16.7 Å². The topological polar surface area (TPSA) is 39.5 Å². The molecule has 1 aromatic rings. The van der Waals surface area contributed by atoms with Gasteiger partial charge >= 0.3 is 0 Å². The molecule has 0 bridgehead atoms. The standard InChI is InChI=1S/C18H24ClN3O/c19-18-13-16(4-3-15(18)14-20)22-9-5-17(6-10-22)23-12-11-21-7-1-2-8-21/h3-4,13,17H,1-2,5-12H2. The fourth-order valence-electron chi connectivity index (χ4n) is 3.43. The lowest BCUT2D eigenvalue weighted by Crippen LogP contribution is -2.38. The molecule has 3 rings (SSSR count). The van der Waals surface area contributed by atoms with Gasteiger partial charge in [0.1, 0.15) is 6.07 Å². The molecule has 0 N–H and O–H groups in total. The molecule has 0 aliphatic carbocycles. The molecule has 0 unspecified atom stereocenters. The number of ether oxygens (including phenoxy) is 1. The minimum Gasteiger partial charge on any atom is -0.377 e. The quantitative estimate of drug-likeness (QED) is 0.829. The summed E-state index contributed by atoms with van der Waals surface area (Å²) in [6, 6.07) is 7.79. The van der Waals surface area contributed by atoms with Gasteiger partial charge in [0.25, 0.3) is 0 Å². The predicted molar refractivity (Wildman–Crippen MR) is 93.0 cm³/mol. The number of rotatable bonds is 5. The van der Waals surface area contributed by atoms with Crippen LogP contribution in [0.15, 0.2) is 18.2 Å². The minimum atomic E-state index is 0.378. The molecule has 5 heteroatoms. The van der Waals surface area contributed by atoms with Gasteiger partial charge in [-0.3, -0.25) is 0 Å². The minimum absolute atomic E-state index is 0.378. The molecule has 1 aromatic carbocycles. The molecule has 4 nitrogen and oxygen atoms in total. The van der Waals surface area contributed by atoms with Crippen LogP contribution in [0.4, 0.5) is 5.69 Å². The number of nitriles is 1. The van der Waals surface area contributed by atoms with Gasteiger partial charge in [-0.1, -0.05) is 11.6 Å². The van der Waals surface area contributed by atoms with Crippen molar-refractivity contribution >= 4 is 17.3 Å². The summed E-state index contributed by atoms with van der Waals surface area (Å²) in [7, 11) is 0. The van der Waals surface area contributed by atoms with E-state index in [0.717, 1.165) is 44.8 Å². The zero-order valence-electron chi connectivity index (χ0n) is 13.5. The highest BCUT2D eigenvalue weighted by atomic mass is 35.5. The number of hydrogen-bond donors (Lipinski definition) is 0. The Morgan fingerprint density at radius 1 is 1.17 bits per heavy atom. The molecule has 0 saturated carbocycles. The smallest absolute Gasteiger partial charge is 0.101 e. The first kappa shape index (κ1) is 16.6. The Morgan fingerprint density at radius 3 is 2.57 bits per heavy atom. The van der Waals surface area contributed by atoms with Crippen LogP contribution < -0.4 is 4.90 Å². The molecule has 124 valence electrons. The van der Waals surface area contributed by atoms with Crippen LogP contribution in [-0.2, 0) is 4.74 Å². The van der Waals surface area contributed by atoms with Crippen LogP contribution >= 0.6 is 11.6 Å². The Morgan fingerprint density at radius 2 is 1.91 bits per heavy atom. The van der Waals surface area contributed by atoms with E-state index in [9.17, 15) is 0 Å². The third-order valence-corrected chi connectivity index (χ3v) is 5.15. The van der Waals surface area contributed by atoms with Crippen LogP contribution in [0, 0.1) is 11.3 Å². The molecule has 2 saturated heterocycles. The first-order valence-electron chi connectivity index (χ1n) is 8.55. The Bertz CT molecular complexity index is 558. The van der Waals surface area contributed by atoms with Crippen molar-refractivity contribution in [3.05, 3.63) is 28.8 Å². The number of halogens is 1. The van der Waals surface area contributed by atoms with Gasteiger partial charge in [-0.2, -0.15) is 5.26 Å². The lowest BCUT2D eigenvalue weighted by atomic mass is 10.1. The highest BCUT2D eigenvalue weighted by molar-refractivity contribution is 6.32. The molecular formula is C18H24ClN3O. The maximum absolute atomic E-state index is 8.95. The molecule has 0 aromatic heterocycles.